The zero-order chi connectivity index (χ0) is 21.7. The van der Waals surface area contributed by atoms with Crippen LogP contribution in [0.5, 0.6) is 5.75 Å². The molecule has 0 bridgehead atoms. The summed E-state index contributed by atoms with van der Waals surface area (Å²) in [5.74, 6) is -0.579. The Morgan fingerprint density at radius 2 is 1.90 bits per heavy atom. The van der Waals surface area contributed by atoms with Crippen LogP contribution in [0.15, 0.2) is 42.5 Å². The molecule has 1 saturated heterocycles. The Labute approximate surface area is 179 Å². The van der Waals surface area contributed by atoms with Crippen LogP contribution < -0.4 is 10.5 Å². The minimum Gasteiger partial charge on any atom is -0.488 e. The number of aliphatic hydroxyl groups is 1. The molecule has 0 aromatic heterocycles. The van der Waals surface area contributed by atoms with Crippen LogP contribution in [0.4, 0.5) is 0 Å². The number of benzene rings is 2. The molecule has 5 rings (SSSR count). The molecule has 160 valence electrons. The first kappa shape index (κ1) is 19.7. The number of hydrogen-bond acceptors (Lipinski definition) is 6. The number of nitrogens with zero attached hydrogens (tertiary/aromatic N) is 2. The fourth-order valence-corrected chi connectivity index (χ4v) is 4.78. The van der Waals surface area contributed by atoms with E-state index in [0.717, 1.165) is 22.4 Å². The van der Waals surface area contributed by atoms with Gasteiger partial charge in [0, 0.05) is 24.9 Å². The van der Waals surface area contributed by atoms with Gasteiger partial charge in [-0.05, 0) is 41.3 Å². The number of amides is 3. The lowest BCUT2D eigenvalue weighted by atomic mass is 10.0. The molecule has 3 aliphatic rings. The summed E-state index contributed by atoms with van der Waals surface area (Å²) in [7, 11) is 0. The van der Waals surface area contributed by atoms with Crippen LogP contribution in [0.3, 0.4) is 0 Å². The van der Waals surface area contributed by atoms with Gasteiger partial charge in [0.2, 0.25) is 5.91 Å². The molecule has 2 aliphatic heterocycles. The normalized spacial score (nSPS) is 25.1. The minimum absolute atomic E-state index is 0.117. The van der Waals surface area contributed by atoms with Crippen LogP contribution in [-0.4, -0.2) is 51.5 Å². The summed E-state index contributed by atoms with van der Waals surface area (Å²) in [5, 5.41) is 9.34. The number of fused-ring (bicyclic) bond motifs is 2. The second kappa shape index (κ2) is 7.47. The number of ether oxygens (including phenoxy) is 1. The average Bonchev–Trinajstić information content (AvgIpc) is 3.25. The van der Waals surface area contributed by atoms with E-state index < -0.39 is 24.6 Å². The van der Waals surface area contributed by atoms with E-state index in [1.165, 1.54) is 10.5 Å². The van der Waals surface area contributed by atoms with Gasteiger partial charge < -0.3 is 20.5 Å². The van der Waals surface area contributed by atoms with Crippen LogP contribution in [-0.2, 0) is 22.6 Å². The monoisotopic (exact) mass is 421 g/mol. The van der Waals surface area contributed by atoms with Gasteiger partial charge in [0.1, 0.15) is 24.6 Å². The van der Waals surface area contributed by atoms with Crippen molar-refractivity contribution in [2.45, 2.75) is 44.0 Å². The third-order valence-electron chi connectivity index (χ3n) is 6.43. The number of carbonyl (C=O) groups excluding carboxylic acids is 3. The molecule has 1 aliphatic carbocycles. The van der Waals surface area contributed by atoms with Gasteiger partial charge in [0.05, 0.1) is 6.04 Å². The third-order valence-corrected chi connectivity index (χ3v) is 6.43. The van der Waals surface area contributed by atoms with E-state index >= 15 is 0 Å². The van der Waals surface area contributed by atoms with Gasteiger partial charge in [-0.3, -0.25) is 19.3 Å². The van der Waals surface area contributed by atoms with Crippen LogP contribution in [0.25, 0.3) is 0 Å². The molecule has 3 atom stereocenters. The largest absolute Gasteiger partial charge is 0.488 e. The van der Waals surface area contributed by atoms with E-state index in [2.05, 4.69) is 6.07 Å². The second-order valence-electron chi connectivity index (χ2n) is 8.19. The fraction of sp³-hybridized carbons (Fsp3) is 0.348. The summed E-state index contributed by atoms with van der Waals surface area (Å²) in [6.07, 6.45) is 0.909. The lowest BCUT2D eigenvalue weighted by molar-refractivity contribution is -0.156. The maximum Gasteiger partial charge on any atom is 0.255 e. The number of aliphatic hydroxyl groups excluding tert-OH is 1. The van der Waals surface area contributed by atoms with Crippen molar-refractivity contribution in [2.24, 2.45) is 5.73 Å². The van der Waals surface area contributed by atoms with E-state index in [1.54, 1.807) is 12.1 Å². The van der Waals surface area contributed by atoms with Crippen molar-refractivity contribution in [3.05, 3.63) is 64.7 Å². The van der Waals surface area contributed by atoms with E-state index in [4.69, 9.17) is 10.5 Å². The summed E-state index contributed by atoms with van der Waals surface area (Å²) in [5.41, 5.74) is 9.93. The molecule has 2 aromatic carbocycles. The number of rotatable bonds is 4. The molecule has 8 heteroatoms. The van der Waals surface area contributed by atoms with Gasteiger partial charge in [-0.2, -0.15) is 0 Å². The van der Waals surface area contributed by atoms with Crippen molar-refractivity contribution < 1.29 is 24.2 Å². The van der Waals surface area contributed by atoms with E-state index in [-0.39, 0.29) is 37.4 Å². The highest BCUT2D eigenvalue weighted by Gasteiger charge is 2.42. The molecule has 8 nitrogen and oxygen atoms in total. The van der Waals surface area contributed by atoms with Crippen molar-refractivity contribution in [3.8, 4) is 5.75 Å². The number of likely N-dealkylation sites (tertiary alicyclic amines) is 1. The highest BCUT2D eigenvalue weighted by Crippen LogP contribution is 2.35. The van der Waals surface area contributed by atoms with Crippen molar-refractivity contribution >= 4 is 17.7 Å². The van der Waals surface area contributed by atoms with Gasteiger partial charge in [-0.15, -0.1) is 0 Å². The third kappa shape index (κ3) is 3.19. The molecule has 1 fully saturated rings. The SMILES string of the molecule is N[C@H]1c2ccccc2C[C@@H]1Oc1ccc2c(c1)CN(C1CCC(=O)N(CO)C1=O)C2=O. The number of imide groups is 1. The highest BCUT2D eigenvalue weighted by molar-refractivity contribution is 6.05. The Morgan fingerprint density at radius 3 is 2.68 bits per heavy atom. The molecule has 2 aromatic rings. The molecule has 3 amide bonds. The van der Waals surface area contributed by atoms with Gasteiger partial charge in [0.25, 0.3) is 11.8 Å². The zero-order valence-corrected chi connectivity index (χ0v) is 16.9. The first-order chi connectivity index (χ1) is 15.0. The average molecular weight is 421 g/mol. The first-order valence-electron chi connectivity index (χ1n) is 10.4. The quantitative estimate of drug-likeness (QED) is 0.715. The maximum absolute atomic E-state index is 12.9. The zero-order valence-electron chi connectivity index (χ0n) is 16.9. The van der Waals surface area contributed by atoms with Crippen molar-refractivity contribution in [3.63, 3.8) is 0 Å². The topological polar surface area (TPSA) is 113 Å². The van der Waals surface area contributed by atoms with E-state index in [0.29, 0.717) is 11.3 Å². The Hall–Kier alpha value is -3.23. The Balaban J connectivity index is 1.33. The predicted octanol–water partition coefficient (Wildman–Crippen LogP) is 1.11. The Morgan fingerprint density at radius 1 is 1.10 bits per heavy atom. The van der Waals surface area contributed by atoms with Gasteiger partial charge >= 0.3 is 0 Å². The van der Waals surface area contributed by atoms with E-state index in [9.17, 15) is 19.5 Å². The molecule has 31 heavy (non-hydrogen) atoms. The predicted molar refractivity (Wildman–Crippen MR) is 110 cm³/mol. The number of nitrogens with two attached hydrogens (primary N) is 1. The maximum atomic E-state index is 12.9. The smallest absolute Gasteiger partial charge is 0.255 e. The number of piperidine rings is 1. The van der Waals surface area contributed by atoms with E-state index in [1.807, 2.05) is 24.3 Å². The summed E-state index contributed by atoms with van der Waals surface area (Å²) in [4.78, 5) is 39.6. The van der Waals surface area contributed by atoms with Crippen LogP contribution in [0, 0.1) is 0 Å². The Bertz CT molecular complexity index is 1080. The van der Waals surface area contributed by atoms with Gasteiger partial charge in [-0.25, -0.2) is 0 Å². The molecule has 3 N–H and O–H groups in total. The van der Waals surface area contributed by atoms with Gasteiger partial charge in [0.15, 0.2) is 0 Å². The molecule has 1 unspecified atom stereocenters. The first-order valence-corrected chi connectivity index (χ1v) is 10.4. The molecule has 0 spiro atoms. The van der Waals surface area contributed by atoms with Crippen molar-refractivity contribution in [2.75, 3.05) is 6.73 Å². The molecule has 2 heterocycles. The molecule has 0 radical (unpaired) electrons. The number of carbonyl (C=O) groups is 3. The fourth-order valence-electron chi connectivity index (χ4n) is 4.78. The second-order valence-corrected chi connectivity index (χ2v) is 8.19. The molecule has 0 saturated carbocycles. The van der Waals surface area contributed by atoms with Crippen LogP contribution >= 0.6 is 0 Å². The van der Waals surface area contributed by atoms with Crippen LogP contribution in [0.2, 0.25) is 0 Å². The highest BCUT2D eigenvalue weighted by atomic mass is 16.5. The Kier molecular flexibility index (Phi) is 4.75. The summed E-state index contributed by atoms with van der Waals surface area (Å²) in [6.45, 7) is -0.419. The summed E-state index contributed by atoms with van der Waals surface area (Å²) >= 11 is 0. The van der Waals surface area contributed by atoms with Crippen molar-refractivity contribution in [1.82, 2.24) is 9.80 Å². The van der Waals surface area contributed by atoms with Gasteiger partial charge in [-0.1, -0.05) is 24.3 Å². The van der Waals surface area contributed by atoms with Crippen molar-refractivity contribution in [1.29, 1.82) is 0 Å². The summed E-state index contributed by atoms with van der Waals surface area (Å²) < 4.78 is 6.17. The number of hydrogen-bond donors (Lipinski definition) is 2. The molecular formula is C23H23N3O5. The van der Waals surface area contributed by atoms with Crippen LogP contribution in [0.1, 0.15) is 45.9 Å². The minimum atomic E-state index is -0.758. The summed E-state index contributed by atoms with van der Waals surface area (Å²) in [6, 6.07) is 12.3. The lowest BCUT2D eigenvalue weighted by Gasteiger charge is -2.34. The molecular weight excluding hydrogens is 398 g/mol. The lowest BCUT2D eigenvalue weighted by Crippen LogP contribution is -2.54. The standard InChI is InChI=1S/C23H23N3O5/c24-21-16-4-2-1-3-13(16)10-19(21)31-15-5-6-17-14(9-15)11-25(22(17)29)18-7-8-20(28)26(12-27)23(18)30/h1-6,9,18-19,21,27H,7-8,10-12,24H2/t18?,19-,21-/m0/s1.